The van der Waals surface area contributed by atoms with E-state index in [4.69, 9.17) is 0 Å². The number of nitrogens with zero attached hydrogens (tertiary/aromatic N) is 3. The van der Waals surface area contributed by atoms with Gasteiger partial charge in [-0.3, -0.25) is 0 Å². The Kier molecular flexibility index (Phi) is 1.96. The van der Waals surface area contributed by atoms with Crippen molar-refractivity contribution in [3.63, 3.8) is 0 Å². The van der Waals surface area contributed by atoms with Crippen LogP contribution < -0.4 is 5.32 Å². The van der Waals surface area contributed by atoms with Gasteiger partial charge in [-0.25, -0.2) is 9.67 Å². The van der Waals surface area contributed by atoms with Crippen LogP contribution in [0.2, 0.25) is 0 Å². The van der Waals surface area contributed by atoms with Gasteiger partial charge in [-0.05, 0) is 12.1 Å². The van der Waals surface area contributed by atoms with E-state index in [9.17, 15) is 0 Å². The van der Waals surface area contributed by atoms with Gasteiger partial charge in [-0.2, -0.15) is 5.10 Å². The molecule has 0 unspecified atom stereocenters. The molecule has 0 aliphatic carbocycles. The summed E-state index contributed by atoms with van der Waals surface area (Å²) < 4.78 is 1.73. The normalized spacial score (nSPS) is 9.92. The molecule has 0 amide bonds. The molecule has 0 radical (unpaired) electrons. The van der Waals surface area contributed by atoms with Crippen molar-refractivity contribution in [3.8, 4) is 5.69 Å². The lowest BCUT2D eigenvalue weighted by molar-refractivity contribution is 0.880. The third-order valence-corrected chi connectivity index (χ3v) is 1.84. The Bertz CT molecular complexity index is 380. The SMILES string of the molecule is CNc1ccccc1-n1cncn1. The Morgan fingerprint density at radius 2 is 2.15 bits per heavy atom. The highest BCUT2D eigenvalue weighted by Gasteiger charge is 2.00. The molecule has 2 aromatic rings. The molecule has 1 heterocycles. The maximum absolute atomic E-state index is 4.06. The minimum absolute atomic E-state index is 1.00. The summed E-state index contributed by atoms with van der Waals surface area (Å²) in [6, 6.07) is 7.93. The molecule has 0 bridgehead atoms. The van der Waals surface area contributed by atoms with Gasteiger partial charge in [0.15, 0.2) is 0 Å². The van der Waals surface area contributed by atoms with Gasteiger partial charge in [0.05, 0.1) is 11.4 Å². The highest BCUT2D eigenvalue weighted by Crippen LogP contribution is 2.17. The Morgan fingerprint density at radius 3 is 2.85 bits per heavy atom. The monoisotopic (exact) mass is 174 g/mol. The summed E-state index contributed by atoms with van der Waals surface area (Å²) in [4.78, 5) is 3.90. The molecule has 2 rings (SSSR count). The largest absolute Gasteiger partial charge is 0.386 e. The molecular formula is C9H10N4. The zero-order valence-electron chi connectivity index (χ0n) is 7.31. The first-order valence-electron chi connectivity index (χ1n) is 4.03. The van der Waals surface area contributed by atoms with Gasteiger partial charge in [0.2, 0.25) is 0 Å². The highest BCUT2D eigenvalue weighted by molar-refractivity contribution is 5.59. The number of para-hydroxylation sites is 2. The van der Waals surface area contributed by atoms with E-state index in [-0.39, 0.29) is 0 Å². The van der Waals surface area contributed by atoms with E-state index in [1.807, 2.05) is 31.3 Å². The van der Waals surface area contributed by atoms with Crippen molar-refractivity contribution in [2.75, 3.05) is 12.4 Å². The molecule has 0 fully saturated rings. The second-order valence-corrected chi connectivity index (χ2v) is 2.61. The Morgan fingerprint density at radius 1 is 1.31 bits per heavy atom. The zero-order chi connectivity index (χ0) is 9.10. The molecule has 13 heavy (non-hydrogen) atoms. The van der Waals surface area contributed by atoms with E-state index in [1.165, 1.54) is 6.33 Å². The Hall–Kier alpha value is -1.84. The van der Waals surface area contributed by atoms with Gasteiger partial charge in [-0.15, -0.1) is 0 Å². The molecule has 0 spiro atoms. The van der Waals surface area contributed by atoms with Crippen LogP contribution >= 0.6 is 0 Å². The average Bonchev–Trinajstić information content (AvgIpc) is 2.70. The van der Waals surface area contributed by atoms with Crippen molar-refractivity contribution >= 4 is 5.69 Å². The number of hydrogen-bond acceptors (Lipinski definition) is 3. The van der Waals surface area contributed by atoms with Gasteiger partial charge in [-0.1, -0.05) is 12.1 Å². The molecule has 0 saturated carbocycles. The third-order valence-electron chi connectivity index (χ3n) is 1.84. The van der Waals surface area contributed by atoms with Crippen molar-refractivity contribution in [1.82, 2.24) is 14.8 Å². The first-order chi connectivity index (χ1) is 6.42. The van der Waals surface area contributed by atoms with Crippen molar-refractivity contribution in [2.45, 2.75) is 0 Å². The fourth-order valence-corrected chi connectivity index (χ4v) is 1.22. The summed E-state index contributed by atoms with van der Waals surface area (Å²) in [6.45, 7) is 0. The van der Waals surface area contributed by atoms with E-state index >= 15 is 0 Å². The van der Waals surface area contributed by atoms with Crippen LogP contribution in [-0.2, 0) is 0 Å². The van der Waals surface area contributed by atoms with Gasteiger partial charge in [0, 0.05) is 7.05 Å². The van der Waals surface area contributed by atoms with Crippen LogP contribution in [0.3, 0.4) is 0 Å². The molecule has 66 valence electrons. The van der Waals surface area contributed by atoms with E-state index in [1.54, 1.807) is 11.0 Å². The summed E-state index contributed by atoms with van der Waals surface area (Å²) >= 11 is 0. The molecular weight excluding hydrogens is 164 g/mol. The molecule has 4 heteroatoms. The number of rotatable bonds is 2. The quantitative estimate of drug-likeness (QED) is 0.746. The molecule has 0 atom stereocenters. The van der Waals surface area contributed by atoms with Crippen LogP contribution in [0.15, 0.2) is 36.9 Å². The summed E-state index contributed by atoms with van der Waals surface area (Å²) in [5.74, 6) is 0. The number of anilines is 1. The van der Waals surface area contributed by atoms with Crippen LogP contribution in [0.1, 0.15) is 0 Å². The van der Waals surface area contributed by atoms with E-state index < -0.39 is 0 Å². The predicted octanol–water partition coefficient (Wildman–Crippen LogP) is 1.31. The first kappa shape index (κ1) is 7.79. The minimum Gasteiger partial charge on any atom is -0.386 e. The number of aromatic nitrogens is 3. The number of benzene rings is 1. The highest BCUT2D eigenvalue weighted by atomic mass is 15.3. The lowest BCUT2D eigenvalue weighted by Gasteiger charge is -2.06. The summed E-state index contributed by atoms with van der Waals surface area (Å²) in [7, 11) is 1.88. The second-order valence-electron chi connectivity index (χ2n) is 2.61. The fourth-order valence-electron chi connectivity index (χ4n) is 1.22. The summed E-state index contributed by atoms with van der Waals surface area (Å²) in [6.07, 6.45) is 3.20. The third kappa shape index (κ3) is 1.38. The molecule has 1 N–H and O–H groups in total. The summed E-state index contributed by atoms with van der Waals surface area (Å²) in [5.41, 5.74) is 2.04. The predicted molar refractivity (Wildman–Crippen MR) is 50.9 cm³/mol. The molecule has 0 saturated heterocycles. The van der Waals surface area contributed by atoms with Crippen molar-refractivity contribution in [2.24, 2.45) is 0 Å². The standard InChI is InChI=1S/C9H10N4/c1-10-8-4-2-3-5-9(8)13-7-11-6-12-13/h2-7,10H,1H3. The second kappa shape index (κ2) is 3.26. The average molecular weight is 174 g/mol. The maximum atomic E-state index is 4.06. The smallest absolute Gasteiger partial charge is 0.138 e. The Labute approximate surface area is 76.2 Å². The van der Waals surface area contributed by atoms with E-state index in [0.29, 0.717) is 0 Å². The van der Waals surface area contributed by atoms with Crippen molar-refractivity contribution < 1.29 is 0 Å². The van der Waals surface area contributed by atoms with Crippen LogP contribution in [0.4, 0.5) is 5.69 Å². The number of nitrogens with one attached hydrogen (secondary N) is 1. The van der Waals surface area contributed by atoms with E-state index in [0.717, 1.165) is 11.4 Å². The molecule has 0 aliphatic rings. The maximum Gasteiger partial charge on any atom is 0.138 e. The molecule has 4 nitrogen and oxygen atoms in total. The molecule has 0 aliphatic heterocycles. The first-order valence-corrected chi connectivity index (χ1v) is 4.03. The van der Waals surface area contributed by atoms with Gasteiger partial charge >= 0.3 is 0 Å². The number of hydrogen-bond donors (Lipinski definition) is 1. The van der Waals surface area contributed by atoms with Gasteiger partial charge in [0.25, 0.3) is 0 Å². The zero-order valence-corrected chi connectivity index (χ0v) is 7.31. The van der Waals surface area contributed by atoms with Crippen molar-refractivity contribution in [1.29, 1.82) is 0 Å². The van der Waals surface area contributed by atoms with Crippen LogP contribution in [-0.4, -0.2) is 21.8 Å². The molecule has 1 aromatic carbocycles. The minimum atomic E-state index is 1.00. The fraction of sp³-hybridized carbons (Fsp3) is 0.111. The lowest BCUT2D eigenvalue weighted by Crippen LogP contribution is -1.99. The van der Waals surface area contributed by atoms with Crippen LogP contribution in [0, 0.1) is 0 Å². The van der Waals surface area contributed by atoms with Crippen LogP contribution in [0.25, 0.3) is 5.69 Å². The van der Waals surface area contributed by atoms with Gasteiger partial charge < -0.3 is 5.32 Å². The van der Waals surface area contributed by atoms with Crippen LogP contribution in [0.5, 0.6) is 0 Å². The molecule has 1 aromatic heterocycles. The van der Waals surface area contributed by atoms with E-state index in [2.05, 4.69) is 15.4 Å². The van der Waals surface area contributed by atoms with Gasteiger partial charge in [0.1, 0.15) is 12.7 Å². The van der Waals surface area contributed by atoms with Crippen molar-refractivity contribution in [3.05, 3.63) is 36.9 Å². The lowest BCUT2D eigenvalue weighted by atomic mass is 10.2. The topological polar surface area (TPSA) is 42.7 Å². The summed E-state index contributed by atoms with van der Waals surface area (Å²) in [5, 5.41) is 7.16. The Balaban J connectivity index is 2.51.